The van der Waals surface area contributed by atoms with E-state index in [1.807, 2.05) is 7.05 Å². The molecule has 0 aliphatic carbocycles. The van der Waals surface area contributed by atoms with Gasteiger partial charge >= 0.3 is 5.97 Å². The van der Waals surface area contributed by atoms with Crippen molar-refractivity contribution in [2.75, 3.05) is 25.7 Å². The molecule has 1 aliphatic rings. The molecule has 1 saturated heterocycles. The van der Waals surface area contributed by atoms with E-state index in [1.165, 1.54) is 7.11 Å². The second-order valence-electron chi connectivity index (χ2n) is 5.29. The average molecular weight is 330 g/mol. The van der Waals surface area contributed by atoms with Crippen molar-refractivity contribution in [2.45, 2.75) is 25.4 Å². The summed E-state index contributed by atoms with van der Waals surface area (Å²) in [6, 6.07) is 5.60. The highest BCUT2D eigenvalue weighted by molar-refractivity contribution is 7.85. The minimum atomic E-state index is -0.653. The van der Waals surface area contributed by atoms with Crippen molar-refractivity contribution >= 4 is 28.4 Å². The number of methoxy groups -OCH3 is 1. The molecule has 1 aliphatic heterocycles. The summed E-state index contributed by atoms with van der Waals surface area (Å²) in [6.07, 6.45) is 1.88. The van der Waals surface area contributed by atoms with Crippen molar-refractivity contribution in [3.05, 3.63) is 34.3 Å². The van der Waals surface area contributed by atoms with Gasteiger partial charge in [-0.2, -0.15) is 0 Å². The molecular formula is C15H20ClNO3S. The van der Waals surface area contributed by atoms with Crippen LogP contribution in [0.15, 0.2) is 18.2 Å². The Labute approximate surface area is 132 Å². The van der Waals surface area contributed by atoms with Crippen LogP contribution in [0.25, 0.3) is 0 Å². The van der Waals surface area contributed by atoms with Crippen LogP contribution in [0.3, 0.4) is 0 Å². The monoisotopic (exact) mass is 329 g/mol. The van der Waals surface area contributed by atoms with Gasteiger partial charge in [-0.1, -0.05) is 11.6 Å². The number of rotatable bonds is 4. The van der Waals surface area contributed by atoms with Crippen molar-refractivity contribution < 1.29 is 13.7 Å². The Kier molecular flexibility index (Phi) is 5.79. The molecule has 0 amide bonds. The Morgan fingerprint density at radius 1 is 1.43 bits per heavy atom. The molecule has 0 radical (unpaired) electrons. The van der Waals surface area contributed by atoms with Gasteiger partial charge in [-0.25, -0.2) is 4.79 Å². The summed E-state index contributed by atoms with van der Waals surface area (Å²) in [5, 5.41) is 0.647. The number of hydrogen-bond donors (Lipinski definition) is 0. The third-order valence-corrected chi connectivity index (χ3v) is 5.62. The Bertz CT molecular complexity index is 540. The Balaban J connectivity index is 2.07. The molecule has 1 heterocycles. The fourth-order valence-corrected chi connectivity index (χ4v) is 4.01. The summed E-state index contributed by atoms with van der Waals surface area (Å²) < 4.78 is 16.2. The second kappa shape index (κ2) is 7.38. The zero-order chi connectivity index (χ0) is 15.4. The quantitative estimate of drug-likeness (QED) is 0.796. The molecule has 2 rings (SSSR count). The normalized spacial score (nSPS) is 22.3. The number of esters is 1. The van der Waals surface area contributed by atoms with Crippen LogP contribution < -0.4 is 0 Å². The van der Waals surface area contributed by atoms with E-state index in [0.717, 1.165) is 29.9 Å². The molecule has 1 fully saturated rings. The number of nitrogens with zero attached hydrogens (tertiary/aromatic N) is 1. The minimum absolute atomic E-state index is 0.358. The van der Waals surface area contributed by atoms with Crippen LogP contribution in [0.2, 0.25) is 5.02 Å². The smallest absolute Gasteiger partial charge is 0.337 e. The molecule has 0 spiro atoms. The first-order chi connectivity index (χ1) is 10.0. The van der Waals surface area contributed by atoms with Gasteiger partial charge in [-0.3, -0.25) is 9.11 Å². The molecule has 0 N–H and O–H groups in total. The molecule has 6 heteroatoms. The van der Waals surface area contributed by atoms with Gasteiger partial charge < -0.3 is 4.74 Å². The van der Waals surface area contributed by atoms with E-state index >= 15 is 0 Å². The number of carbonyl (C=O) groups excluding carboxylic acids is 1. The van der Waals surface area contributed by atoms with Gasteiger partial charge in [0.25, 0.3) is 0 Å². The lowest BCUT2D eigenvalue weighted by molar-refractivity contribution is 0.0600. The van der Waals surface area contributed by atoms with Gasteiger partial charge in [-0.05, 0) is 43.7 Å². The lowest BCUT2D eigenvalue weighted by Gasteiger charge is -2.31. The van der Waals surface area contributed by atoms with E-state index in [2.05, 4.69) is 4.90 Å². The second-order valence-corrected chi connectivity index (χ2v) is 7.40. The van der Waals surface area contributed by atoms with E-state index < -0.39 is 10.8 Å². The van der Waals surface area contributed by atoms with E-state index in [9.17, 15) is 9.00 Å². The largest absolute Gasteiger partial charge is 0.465 e. The molecule has 0 unspecified atom stereocenters. The predicted molar refractivity (Wildman–Crippen MR) is 85.2 cm³/mol. The lowest BCUT2D eigenvalue weighted by atomic mass is 10.1. The highest BCUT2D eigenvalue weighted by atomic mass is 35.5. The van der Waals surface area contributed by atoms with E-state index in [4.69, 9.17) is 16.3 Å². The summed E-state index contributed by atoms with van der Waals surface area (Å²) >= 11 is 6.22. The van der Waals surface area contributed by atoms with Crippen molar-refractivity contribution in [3.63, 3.8) is 0 Å². The maximum absolute atomic E-state index is 11.6. The van der Waals surface area contributed by atoms with Crippen LogP contribution in [-0.2, 0) is 22.1 Å². The van der Waals surface area contributed by atoms with Gasteiger partial charge in [0, 0.05) is 39.9 Å². The van der Waals surface area contributed by atoms with Crippen LogP contribution in [0.1, 0.15) is 28.8 Å². The third kappa shape index (κ3) is 4.28. The van der Waals surface area contributed by atoms with Crippen LogP contribution >= 0.6 is 11.6 Å². The molecule has 0 bridgehead atoms. The number of benzene rings is 1. The highest BCUT2D eigenvalue weighted by Crippen LogP contribution is 2.23. The number of halogens is 1. The van der Waals surface area contributed by atoms with Crippen molar-refractivity contribution in [1.29, 1.82) is 0 Å². The summed E-state index contributed by atoms with van der Waals surface area (Å²) in [5.74, 6) is 1.18. The Morgan fingerprint density at radius 3 is 2.71 bits per heavy atom. The number of ether oxygens (including phenoxy) is 1. The maximum atomic E-state index is 11.6. The predicted octanol–water partition coefficient (Wildman–Crippen LogP) is 2.47. The SMILES string of the molecule is COC(=O)c1ccc(Cl)c(CN(C)C2CCS(=O)CC2)c1. The Hall–Kier alpha value is -0.910. The number of hydrogen-bond acceptors (Lipinski definition) is 4. The van der Waals surface area contributed by atoms with Gasteiger partial charge in [0.1, 0.15) is 0 Å². The number of carbonyl (C=O) groups is 1. The minimum Gasteiger partial charge on any atom is -0.465 e. The van der Waals surface area contributed by atoms with Gasteiger partial charge in [0.2, 0.25) is 0 Å². The summed E-state index contributed by atoms with van der Waals surface area (Å²) in [6.45, 7) is 0.668. The fourth-order valence-electron chi connectivity index (χ4n) is 2.56. The van der Waals surface area contributed by atoms with Crippen LogP contribution in [0.5, 0.6) is 0 Å². The third-order valence-electron chi connectivity index (χ3n) is 3.87. The molecule has 116 valence electrons. The lowest BCUT2D eigenvalue weighted by Crippen LogP contribution is -2.37. The first kappa shape index (κ1) is 16.5. The van der Waals surface area contributed by atoms with Gasteiger partial charge in [0.15, 0.2) is 0 Å². The first-order valence-corrected chi connectivity index (χ1v) is 8.80. The van der Waals surface area contributed by atoms with Crippen molar-refractivity contribution in [2.24, 2.45) is 0 Å². The van der Waals surface area contributed by atoms with Crippen LogP contribution in [-0.4, -0.2) is 46.8 Å². The van der Waals surface area contributed by atoms with Gasteiger partial charge in [-0.15, -0.1) is 0 Å². The first-order valence-electron chi connectivity index (χ1n) is 6.93. The molecular weight excluding hydrogens is 310 g/mol. The molecule has 0 atom stereocenters. The van der Waals surface area contributed by atoms with E-state index in [0.29, 0.717) is 23.2 Å². The van der Waals surface area contributed by atoms with E-state index in [1.54, 1.807) is 18.2 Å². The zero-order valence-electron chi connectivity index (χ0n) is 12.3. The van der Waals surface area contributed by atoms with Gasteiger partial charge in [0.05, 0.1) is 12.7 Å². The molecule has 0 saturated carbocycles. The van der Waals surface area contributed by atoms with Crippen molar-refractivity contribution in [3.8, 4) is 0 Å². The summed E-state index contributed by atoms with van der Waals surface area (Å²) in [5.41, 5.74) is 1.42. The van der Waals surface area contributed by atoms with Crippen LogP contribution in [0.4, 0.5) is 0 Å². The highest BCUT2D eigenvalue weighted by Gasteiger charge is 2.22. The Morgan fingerprint density at radius 2 is 2.10 bits per heavy atom. The summed E-state index contributed by atoms with van der Waals surface area (Å²) in [7, 11) is 2.75. The average Bonchev–Trinajstić information content (AvgIpc) is 2.49. The molecule has 1 aromatic rings. The zero-order valence-corrected chi connectivity index (χ0v) is 13.9. The molecule has 21 heavy (non-hydrogen) atoms. The van der Waals surface area contributed by atoms with E-state index in [-0.39, 0.29) is 5.97 Å². The molecule has 0 aromatic heterocycles. The fraction of sp³-hybridized carbons (Fsp3) is 0.533. The van der Waals surface area contributed by atoms with Crippen molar-refractivity contribution in [1.82, 2.24) is 4.90 Å². The topological polar surface area (TPSA) is 46.6 Å². The molecule has 1 aromatic carbocycles. The standard InChI is InChI=1S/C15H20ClNO3S/c1-17(13-5-7-21(19)8-6-13)10-12-9-11(15(18)20-2)3-4-14(12)16/h3-4,9,13H,5-8,10H2,1-2H3. The van der Waals surface area contributed by atoms with Crippen LogP contribution in [0, 0.1) is 0 Å². The molecule has 4 nitrogen and oxygen atoms in total. The summed E-state index contributed by atoms with van der Waals surface area (Å²) in [4.78, 5) is 13.8. The maximum Gasteiger partial charge on any atom is 0.337 e.